The predicted octanol–water partition coefficient (Wildman–Crippen LogP) is 2.93. The van der Waals surface area contributed by atoms with Gasteiger partial charge < -0.3 is 15.2 Å². The third-order valence-corrected chi connectivity index (χ3v) is 3.51. The van der Waals surface area contributed by atoms with Gasteiger partial charge >= 0.3 is 11.7 Å². The molecule has 2 aromatic carbocycles. The van der Waals surface area contributed by atoms with E-state index < -0.39 is 34.4 Å². The number of rotatable bonds is 5. The molecule has 2 N–H and O–H groups in total. The van der Waals surface area contributed by atoms with Crippen LogP contribution in [0.3, 0.4) is 0 Å². The number of halogens is 1. The van der Waals surface area contributed by atoms with Crippen LogP contribution in [-0.2, 0) is 9.53 Å². The van der Waals surface area contributed by atoms with Gasteiger partial charge in [-0.1, -0.05) is 6.07 Å². The zero-order valence-corrected chi connectivity index (χ0v) is 13.9. The van der Waals surface area contributed by atoms with E-state index in [0.29, 0.717) is 5.56 Å². The molecule has 0 saturated heterocycles. The van der Waals surface area contributed by atoms with Crippen molar-refractivity contribution in [1.29, 1.82) is 0 Å². The molecule has 1 atom stereocenters. The Hall–Kier alpha value is -3.49. The molecule has 0 aromatic heterocycles. The molecule has 26 heavy (non-hydrogen) atoms. The number of nitrogens with zero attached hydrogens (tertiary/aromatic N) is 1. The summed E-state index contributed by atoms with van der Waals surface area (Å²) in [5, 5.41) is 22.6. The molecule has 0 heterocycles. The van der Waals surface area contributed by atoms with Gasteiger partial charge in [0.1, 0.15) is 5.75 Å². The van der Waals surface area contributed by atoms with E-state index in [9.17, 15) is 29.2 Å². The number of ether oxygens (including phenoxy) is 1. The van der Waals surface area contributed by atoms with E-state index in [1.807, 2.05) is 0 Å². The highest BCUT2D eigenvalue weighted by Crippen LogP contribution is 2.22. The third-order valence-electron chi connectivity index (χ3n) is 3.51. The monoisotopic (exact) mass is 362 g/mol. The van der Waals surface area contributed by atoms with Crippen molar-refractivity contribution in [1.82, 2.24) is 0 Å². The van der Waals surface area contributed by atoms with Gasteiger partial charge in [0.25, 0.3) is 5.91 Å². The molecule has 1 unspecified atom stereocenters. The van der Waals surface area contributed by atoms with Crippen LogP contribution in [0.2, 0.25) is 0 Å². The minimum Gasteiger partial charge on any atom is -0.508 e. The first-order valence-corrected chi connectivity index (χ1v) is 7.44. The summed E-state index contributed by atoms with van der Waals surface area (Å²) in [6.07, 6.45) is -1.23. The van der Waals surface area contributed by atoms with Gasteiger partial charge in [0.2, 0.25) is 5.82 Å². The number of carbonyl (C=O) groups excluding carboxylic acids is 2. The third kappa shape index (κ3) is 4.32. The lowest BCUT2D eigenvalue weighted by molar-refractivity contribution is -0.387. The van der Waals surface area contributed by atoms with Crippen LogP contribution in [0, 0.1) is 22.9 Å². The number of nitro benzene ring substituents is 1. The van der Waals surface area contributed by atoms with Crippen LogP contribution in [0.25, 0.3) is 0 Å². The molecular formula is C17H15FN2O6. The second-order valence-electron chi connectivity index (χ2n) is 5.46. The Labute approximate surface area is 147 Å². The van der Waals surface area contributed by atoms with Crippen molar-refractivity contribution in [2.45, 2.75) is 20.0 Å². The highest BCUT2D eigenvalue weighted by molar-refractivity contribution is 5.97. The molecule has 1 amide bonds. The lowest BCUT2D eigenvalue weighted by atomic mass is 10.1. The molecule has 0 spiro atoms. The first kappa shape index (κ1) is 18.8. The van der Waals surface area contributed by atoms with Crippen LogP contribution in [0.4, 0.5) is 15.8 Å². The van der Waals surface area contributed by atoms with Crippen LogP contribution in [0.5, 0.6) is 5.75 Å². The van der Waals surface area contributed by atoms with E-state index in [1.54, 1.807) is 6.92 Å². The van der Waals surface area contributed by atoms with Crippen molar-refractivity contribution < 1.29 is 28.7 Å². The summed E-state index contributed by atoms with van der Waals surface area (Å²) in [6.45, 7) is 2.96. The summed E-state index contributed by atoms with van der Waals surface area (Å²) < 4.78 is 18.3. The Bertz CT molecular complexity index is 884. The Morgan fingerprint density at radius 2 is 1.96 bits per heavy atom. The lowest BCUT2D eigenvalue weighted by Crippen LogP contribution is -2.30. The standard InChI is InChI=1S/C17H15FN2O6/c1-9-3-4-11(7-15(9)21)17(23)26-10(2)16(22)19-12-5-6-13(18)14(8-12)20(24)25/h3-8,10,21H,1-2H3,(H,19,22). The van der Waals surface area contributed by atoms with E-state index in [4.69, 9.17) is 4.74 Å². The summed E-state index contributed by atoms with van der Waals surface area (Å²) in [7, 11) is 0. The average Bonchev–Trinajstić information content (AvgIpc) is 2.58. The SMILES string of the molecule is Cc1ccc(C(=O)OC(C)C(=O)Nc2ccc(F)c([N+](=O)[O-])c2)cc1O. The highest BCUT2D eigenvalue weighted by Gasteiger charge is 2.21. The maximum Gasteiger partial charge on any atom is 0.339 e. The molecule has 0 aliphatic heterocycles. The molecule has 0 bridgehead atoms. The molecule has 8 nitrogen and oxygen atoms in total. The molecule has 9 heteroatoms. The molecule has 2 rings (SSSR count). The number of phenols is 1. The number of anilines is 1. The topological polar surface area (TPSA) is 119 Å². The minimum atomic E-state index is -1.23. The van der Waals surface area contributed by atoms with Crippen LogP contribution < -0.4 is 5.32 Å². The van der Waals surface area contributed by atoms with Gasteiger partial charge in [0.05, 0.1) is 10.5 Å². The number of hydrogen-bond donors (Lipinski definition) is 2. The molecule has 0 aliphatic carbocycles. The fourth-order valence-corrected chi connectivity index (χ4v) is 1.99. The van der Waals surface area contributed by atoms with E-state index in [1.165, 1.54) is 25.1 Å². The van der Waals surface area contributed by atoms with Crippen molar-refractivity contribution in [2.75, 3.05) is 5.32 Å². The summed E-state index contributed by atoms with van der Waals surface area (Å²) in [5.41, 5.74) is -0.169. The van der Waals surface area contributed by atoms with E-state index in [-0.39, 0.29) is 17.0 Å². The van der Waals surface area contributed by atoms with Gasteiger partial charge in [-0.05, 0) is 43.7 Å². The highest BCUT2D eigenvalue weighted by atomic mass is 19.1. The lowest BCUT2D eigenvalue weighted by Gasteiger charge is -2.14. The number of phenolic OH excluding ortho intramolecular Hbond substituents is 1. The predicted molar refractivity (Wildman–Crippen MR) is 89.4 cm³/mol. The fourth-order valence-electron chi connectivity index (χ4n) is 1.99. The average molecular weight is 362 g/mol. The Kier molecular flexibility index (Phi) is 5.51. The van der Waals surface area contributed by atoms with Crippen LogP contribution in [-0.4, -0.2) is 28.0 Å². The van der Waals surface area contributed by atoms with Crippen LogP contribution >= 0.6 is 0 Å². The zero-order chi connectivity index (χ0) is 19.4. The molecule has 0 aliphatic rings. The second kappa shape index (κ2) is 7.60. The number of nitro groups is 1. The molecular weight excluding hydrogens is 347 g/mol. The summed E-state index contributed by atoms with van der Waals surface area (Å²) >= 11 is 0. The van der Waals surface area contributed by atoms with Gasteiger partial charge in [0, 0.05) is 11.8 Å². The number of benzene rings is 2. The number of nitrogens with one attached hydrogen (secondary N) is 1. The molecule has 0 fully saturated rings. The van der Waals surface area contributed by atoms with Crippen molar-refractivity contribution >= 4 is 23.3 Å². The van der Waals surface area contributed by atoms with Crippen molar-refractivity contribution in [3.63, 3.8) is 0 Å². The van der Waals surface area contributed by atoms with Crippen molar-refractivity contribution in [2.24, 2.45) is 0 Å². The van der Waals surface area contributed by atoms with E-state index in [2.05, 4.69) is 5.32 Å². The van der Waals surface area contributed by atoms with Gasteiger partial charge in [0.15, 0.2) is 6.10 Å². The maximum absolute atomic E-state index is 13.3. The van der Waals surface area contributed by atoms with Crippen LogP contribution in [0.15, 0.2) is 36.4 Å². The molecule has 0 saturated carbocycles. The van der Waals surface area contributed by atoms with Crippen LogP contribution in [0.1, 0.15) is 22.8 Å². The quantitative estimate of drug-likeness (QED) is 0.479. The zero-order valence-electron chi connectivity index (χ0n) is 13.9. The maximum atomic E-state index is 13.3. The van der Waals surface area contributed by atoms with Crippen molar-refractivity contribution in [3.8, 4) is 5.75 Å². The Morgan fingerprint density at radius 3 is 2.58 bits per heavy atom. The Balaban J connectivity index is 2.05. The first-order chi connectivity index (χ1) is 12.2. The number of hydrogen-bond acceptors (Lipinski definition) is 6. The van der Waals surface area contributed by atoms with E-state index >= 15 is 0 Å². The van der Waals surface area contributed by atoms with Gasteiger partial charge in [-0.3, -0.25) is 14.9 Å². The smallest absolute Gasteiger partial charge is 0.339 e. The molecule has 136 valence electrons. The Morgan fingerprint density at radius 1 is 1.27 bits per heavy atom. The van der Waals surface area contributed by atoms with Crippen molar-refractivity contribution in [3.05, 3.63) is 63.5 Å². The fraction of sp³-hybridized carbons (Fsp3) is 0.176. The second-order valence-corrected chi connectivity index (χ2v) is 5.46. The summed E-state index contributed by atoms with van der Waals surface area (Å²) in [6, 6.07) is 7.03. The number of aromatic hydroxyl groups is 1. The minimum absolute atomic E-state index is 0.0148. The number of esters is 1. The first-order valence-electron chi connectivity index (χ1n) is 7.44. The number of amides is 1. The summed E-state index contributed by atoms with van der Waals surface area (Å²) in [4.78, 5) is 33.9. The van der Waals surface area contributed by atoms with Gasteiger partial charge in [-0.2, -0.15) is 4.39 Å². The largest absolute Gasteiger partial charge is 0.508 e. The molecule has 0 radical (unpaired) electrons. The van der Waals surface area contributed by atoms with Gasteiger partial charge in [-0.15, -0.1) is 0 Å². The normalized spacial score (nSPS) is 11.5. The van der Waals surface area contributed by atoms with E-state index in [0.717, 1.165) is 18.2 Å². The molecule has 2 aromatic rings. The number of carbonyl (C=O) groups is 2. The van der Waals surface area contributed by atoms with Gasteiger partial charge in [-0.25, -0.2) is 4.79 Å². The number of aryl methyl sites for hydroxylation is 1. The summed E-state index contributed by atoms with van der Waals surface area (Å²) in [5.74, 6) is -2.70.